The molecule has 0 unspecified atom stereocenters. The minimum absolute atomic E-state index is 0.111. The summed E-state index contributed by atoms with van der Waals surface area (Å²) in [5.74, 6) is -0.0253. The van der Waals surface area contributed by atoms with Gasteiger partial charge in [-0.25, -0.2) is 10.4 Å². The van der Waals surface area contributed by atoms with Crippen molar-refractivity contribution in [3.63, 3.8) is 0 Å². The predicted octanol–water partition coefficient (Wildman–Crippen LogP) is 5.53. The summed E-state index contributed by atoms with van der Waals surface area (Å²) in [5.41, 5.74) is 6.80. The largest absolute Gasteiger partial charge is 0.507 e. The van der Waals surface area contributed by atoms with Crippen LogP contribution in [0.5, 0.6) is 5.75 Å². The van der Waals surface area contributed by atoms with Gasteiger partial charge < -0.3 is 14.6 Å². The second-order valence-corrected chi connectivity index (χ2v) is 9.41. The lowest BCUT2D eigenvalue weighted by Crippen LogP contribution is -2.21. The molecule has 7 nitrogen and oxygen atoms in total. The van der Waals surface area contributed by atoms with Crippen molar-refractivity contribution < 1.29 is 9.90 Å². The maximum absolute atomic E-state index is 12.5. The van der Waals surface area contributed by atoms with E-state index < -0.39 is 0 Å². The first-order valence-electron chi connectivity index (χ1n) is 11.7. The number of carbonyl (C=O) groups excluding carboxylic acids is 1. The van der Waals surface area contributed by atoms with Gasteiger partial charge in [-0.1, -0.05) is 53.7 Å². The standard InChI is InChI=1S/C27H28ClN5O2S/c1-3-32(4-2)21-14-13-19(25(34)15-21)16-29-31-26(35)18-36-27-30-23-11-7-8-12-24(23)33(27)17-20-9-5-6-10-22(20)28/h5-16,34H,3-4,17-18H2,1-2H3,(H,31,35)/b29-16-. The number of halogens is 1. The molecule has 0 atom stereocenters. The number of nitrogens with zero attached hydrogens (tertiary/aromatic N) is 4. The van der Waals surface area contributed by atoms with E-state index >= 15 is 0 Å². The molecule has 9 heteroatoms. The predicted molar refractivity (Wildman–Crippen MR) is 148 cm³/mol. The van der Waals surface area contributed by atoms with Crippen molar-refractivity contribution in [2.45, 2.75) is 25.5 Å². The Morgan fingerprint density at radius 2 is 1.89 bits per heavy atom. The van der Waals surface area contributed by atoms with Crippen molar-refractivity contribution in [1.82, 2.24) is 15.0 Å². The Morgan fingerprint density at radius 3 is 2.64 bits per heavy atom. The van der Waals surface area contributed by atoms with Crippen LogP contribution in [0.4, 0.5) is 5.69 Å². The zero-order valence-corrected chi connectivity index (χ0v) is 21.8. The number of hydrogen-bond acceptors (Lipinski definition) is 6. The number of imidazole rings is 1. The van der Waals surface area contributed by atoms with Crippen LogP contribution in [0.1, 0.15) is 25.0 Å². The van der Waals surface area contributed by atoms with Crippen molar-refractivity contribution in [3.05, 3.63) is 82.9 Å². The number of hydrogen-bond donors (Lipinski definition) is 2. The molecule has 0 bridgehead atoms. The number of phenolic OH excluding ortho intramolecular Hbond substituents is 1. The highest BCUT2D eigenvalue weighted by Crippen LogP contribution is 2.27. The summed E-state index contributed by atoms with van der Waals surface area (Å²) in [6.45, 7) is 6.38. The fraction of sp³-hybridized carbons (Fsp3) is 0.222. The van der Waals surface area contributed by atoms with Crippen molar-refractivity contribution in [3.8, 4) is 5.75 Å². The third kappa shape index (κ3) is 6.01. The summed E-state index contributed by atoms with van der Waals surface area (Å²) in [6, 6.07) is 21.0. The first kappa shape index (κ1) is 25.6. The molecule has 0 saturated heterocycles. The normalized spacial score (nSPS) is 11.3. The highest BCUT2D eigenvalue weighted by atomic mass is 35.5. The fourth-order valence-corrected chi connectivity index (χ4v) is 4.88. The molecule has 0 saturated carbocycles. The summed E-state index contributed by atoms with van der Waals surface area (Å²) in [4.78, 5) is 19.3. The molecule has 1 amide bonds. The highest BCUT2D eigenvalue weighted by molar-refractivity contribution is 7.99. The van der Waals surface area contributed by atoms with E-state index in [0.717, 1.165) is 40.5 Å². The van der Waals surface area contributed by atoms with E-state index in [1.54, 1.807) is 12.1 Å². The minimum Gasteiger partial charge on any atom is -0.507 e. The number of aromatic hydroxyl groups is 1. The van der Waals surface area contributed by atoms with Gasteiger partial charge in [-0.2, -0.15) is 5.10 Å². The smallest absolute Gasteiger partial charge is 0.250 e. The number of rotatable bonds is 10. The zero-order chi connectivity index (χ0) is 25.5. The van der Waals surface area contributed by atoms with Gasteiger partial charge >= 0.3 is 0 Å². The summed E-state index contributed by atoms with van der Waals surface area (Å²) in [5, 5.41) is 15.8. The monoisotopic (exact) mass is 521 g/mol. The topological polar surface area (TPSA) is 82.8 Å². The van der Waals surface area contributed by atoms with Crippen LogP contribution in [0, 0.1) is 0 Å². The van der Waals surface area contributed by atoms with Gasteiger partial charge in [0.1, 0.15) is 5.75 Å². The molecule has 4 aromatic rings. The first-order chi connectivity index (χ1) is 17.5. The third-order valence-electron chi connectivity index (χ3n) is 5.77. The van der Waals surface area contributed by atoms with Crippen molar-refractivity contribution in [2.75, 3.05) is 23.7 Å². The molecule has 2 N–H and O–H groups in total. The van der Waals surface area contributed by atoms with Gasteiger partial charge in [-0.05, 0) is 49.7 Å². The lowest BCUT2D eigenvalue weighted by molar-refractivity contribution is -0.118. The van der Waals surface area contributed by atoms with Gasteiger partial charge in [0.15, 0.2) is 5.16 Å². The molecular weight excluding hydrogens is 494 g/mol. The van der Waals surface area contributed by atoms with E-state index in [0.29, 0.717) is 17.1 Å². The highest BCUT2D eigenvalue weighted by Gasteiger charge is 2.14. The van der Waals surface area contributed by atoms with E-state index in [9.17, 15) is 9.90 Å². The lowest BCUT2D eigenvalue weighted by atomic mass is 10.2. The van der Waals surface area contributed by atoms with Crippen LogP contribution in [-0.2, 0) is 11.3 Å². The average Bonchev–Trinajstić information content (AvgIpc) is 3.23. The molecule has 1 aromatic heterocycles. The molecular formula is C27H28ClN5O2S. The van der Waals surface area contributed by atoms with Crippen LogP contribution in [0.15, 0.2) is 77.0 Å². The maximum Gasteiger partial charge on any atom is 0.250 e. The number of anilines is 1. The number of aromatic nitrogens is 2. The maximum atomic E-state index is 12.5. The Labute approximate surface area is 219 Å². The van der Waals surface area contributed by atoms with Crippen molar-refractivity contribution >= 4 is 52.2 Å². The number of hydrazone groups is 1. The zero-order valence-electron chi connectivity index (χ0n) is 20.2. The number of amides is 1. The van der Waals surface area contributed by atoms with Crippen molar-refractivity contribution in [1.29, 1.82) is 0 Å². The van der Waals surface area contributed by atoms with E-state index in [4.69, 9.17) is 16.6 Å². The van der Waals surface area contributed by atoms with Crippen molar-refractivity contribution in [2.24, 2.45) is 5.10 Å². The van der Waals surface area contributed by atoms with Crippen LogP contribution in [0.2, 0.25) is 5.02 Å². The summed E-state index contributed by atoms with van der Waals surface area (Å²) < 4.78 is 2.06. The average molecular weight is 522 g/mol. The summed E-state index contributed by atoms with van der Waals surface area (Å²) in [6.07, 6.45) is 1.44. The number of thioether (sulfide) groups is 1. The molecule has 0 spiro atoms. The van der Waals surface area contributed by atoms with Gasteiger partial charge in [0.05, 0.1) is 29.5 Å². The van der Waals surface area contributed by atoms with Crippen LogP contribution >= 0.6 is 23.4 Å². The summed E-state index contributed by atoms with van der Waals surface area (Å²) in [7, 11) is 0. The van der Waals surface area contributed by atoms with E-state index in [1.165, 1.54) is 18.0 Å². The SMILES string of the molecule is CCN(CC)c1ccc(/C=N\NC(=O)CSc2nc3ccccc3n2Cc2ccccc2Cl)c(O)c1. The number of fused-ring (bicyclic) bond motifs is 1. The number of nitrogens with one attached hydrogen (secondary N) is 1. The van der Waals surface area contributed by atoms with Gasteiger partial charge in [-0.3, -0.25) is 4.79 Å². The van der Waals surface area contributed by atoms with Crippen LogP contribution in [-0.4, -0.2) is 45.6 Å². The van der Waals surface area contributed by atoms with E-state index in [-0.39, 0.29) is 17.4 Å². The summed E-state index contributed by atoms with van der Waals surface area (Å²) >= 11 is 7.72. The molecule has 186 valence electrons. The molecule has 1 heterocycles. The second-order valence-electron chi connectivity index (χ2n) is 8.06. The molecule has 36 heavy (non-hydrogen) atoms. The Bertz CT molecular complexity index is 1380. The Hall–Kier alpha value is -3.49. The number of phenols is 1. The van der Waals surface area contributed by atoms with Gasteiger partial charge in [0.25, 0.3) is 5.91 Å². The molecule has 4 rings (SSSR count). The number of para-hydroxylation sites is 2. The van der Waals surface area contributed by atoms with Gasteiger partial charge in [0.2, 0.25) is 0 Å². The first-order valence-corrected chi connectivity index (χ1v) is 13.1. The van der Waals surface area contributed by atoms with Gasteiger partial charge in [-0.15, -0.1) is 0 Å². The van der Waals surface area contributed by atoms with E-state index in [1.807, 2.05) is 54.6 Å². The van der Waals surface area contributed by atoms with Gasteiger partial charge in [0, 0.05) is 35.4 Å². The number of benzene rings is 3. The van der Waals surface area contributed by atoms with Crippen LogP contribution in [0.25, 0.3) is 11.0 Å². The number of carbonyl (C=O) groups is 1. The molecule has 0 aliphatic rings. The fourth-order valence-electron chi connectivity index (χ4n) is 3.88. The molecule has 0 fully saturated rings. The quantitative estimate of drug-likeness (QED) is 0.163. The molecule has 0 radical (unpaired) electrons. The minimum atomic E-state index is -0.271. The molecule has 0 aliphatic carbocycles. The third-order valence-corrected chi connectivity index (χ3v) is 7.12. The van der Waals surface area contributed by atoms with Crippen LogP contribution < -0.4 is 10.3 Å². The molecule has 0 aliphatic heterocycles. The second kappa shape index (κ2) is 12.0. The van der Waals surface area contributed by atoms with E-state index in [2.05, 4.69) is 33.8 Å². The Morgan fingerprint density at radius 1 is 1.14 bits per heavy atom. The van der Waals surface area contributed by atoms with Crippen LogP contribution in [0.3, 0.4) is 0 Å². The lowest BCUT2D eigenvalue weighted by Gasteiger charge is -2.21. The Kier molecular flexibility index (Phi) is 8.51. The molecule has 3 aromatic carbocycles. The Balaban J connectivity index is 1.41.